The van der Waals surface area contributed by atoms with Crippen LogP contribution in [0.4, 0.5) is 0 Å². The monoisotopic (exact) mass is 213 g/mol. The third kappa shape index (κ3) is 2.28. The second-order valence-corrected chi connectivity index (χ2v) is 4.41. The van der Waals surface area contributed by atoms with Crippen LogP contribution >= 0.6 is 0 Å². The molecule has 0 aromatic rings. The number of aliphatic hydroxyl groups is 1. The van der Waals surface area contributed by atoms with Crippen LogP contribution < -0.4 is 11.5 Å². The van der Waals surface area contributed by atoms with Crippen LogP contribution in [-0.2, 0) is 4.79 Å². The van der Waals surface area contributed by atoms with E-state index in [9.17, 15) is 9.90 Å². The number of carbonyl (C=O) groups excluding carboxylic acids is 1. The number of guanidine groups is 1. The molecular weight excluding hydrogens is 194 g/mol. The van der Waals surface area contributed by atoms with Gasteiger partial charge in [0.2, 0.25) is 0 Å². The van der Waals surface area contributed by atoms with Crippen molar-refractivity contribution in [3.8, 4) is 0 Å². The Kier molecular flexibility index (Phi) is 3.34. The second kappa shape index (κ2) is 4.18. The maximum atomic E-state index is 11.9. The molecule has 86 valence electrons. The maximum Gasteiger partial charge on any atom is 0.186 e. The Morgan fingerprint density at radius 3 is 2.60 bits per heavy atom. The molecule has 1 saturated carbocycles. The zero-order valence-electron chi connectivity index (χ0n) is 9.23. The van der Waals surface area contributed by atoms with Gasteiger partial charge in [-0.25, -0.2) is 4.99 Å². The van der Waals surface area contributed by atoms with Crippen LogP contribution in [0.15, 0.2) is 4.99 Å². The molecule has 15 heavy (non-hydrogen) atoms. The van der Waals surface area contributed by atoms with E-state index in [0.29, 0.717) is 12.8 Å². The first-order chi connectivity index (χ1) is 6.88. The van der Waals surface area contributed by atoms with Crippen molar-refractivity contribution < 1.29 is 9.90 Å². The summed E-state index contributed by atoms with van der Waals surface area (Å²) >= 11 is 0. The van der Waals surface area contributed by atoms with E-state index in [1.165, 1.54) is 0 Å². The minimum absolute atomic E-state index is 0.0723. The number of carbonyl (C=O) groups is 1. The molecule has 0 spiro atoms. The van der Waals surface area contributed by atoms with Crippen LogP contribution in [0, 0.1) is 5.92 Å². The van der Waals surface area contributed by atoms with Crippen LogP contribution in [0.25, 0.3) is 0 Å². The van der Waals surface area contributed by atoms with Gasteiger partial charge in [0.15, 0.2) is 11.7 Å². The highest BCUT2D eigenvalue weighted by Gasteiger charge is 2.48. The van der Waals surface area contributed by atoms with Crippen molar-refractivity contribution in [2.24, 2.45) is 22.4 Å². The number of nitrogens with two attached hydrogens (primary N) is 2. The molecule has 5 nitrogen and oxygen atoms in total. The van der Waals surface area contributed by atoms with Gasteiger partial charge in [-0.3, -0.25) is 4.79 Å². The second-order valence-electron chi connectivity index (χ2n) is 4.41. The first-order valence-electron chi connectivity index (χ1n) is 5.23. The Hall–Kier alpha value is -1.10. The van der Waals surface area contributed by atoms with Gasteiger partial charge in [0.1, 0.15) is 5.60 Å². The van der Waals surface area contributed by atoms with Crippen LogP contribution in [-0.4, -0.2) is 28.5 Å². The van der Waals surface area contributed by atoms with Crippen molar-refractivity contribution in [3.63, 3.8) is 0 Å². The van der Waals surface area contributed by atoms with Crippen molar-refractivity contribution in [1.29, 1.82) is 0 Å². The third-order valence-electron chi connectivity index (χ3n) is 2.84. The number of ketones is 1. The Labute approximate surface area is 89.5 Å². The molecule has 2 atom stereocenters. The van der Waals surface area contributed by atoms with Crippen molar-refractivity contribution in [1.82, 2.24) is 0 Å². The Morgan fingerprint density at radius 2 is 2.13 bits per heavy atom. The Bertz CT molecular complexity index is 284. The van der Waals surface area contributed by atoms with Gasteiger partial charge in [0.25, 0.3) is 0 Å². The van der Waals surface area contributed by atoms with Crippen molar-refractivity contribution in [2.45, 2.75) is 44.8 Å². The number of Topliss-reactive ketones (excluding diaryl/α,β-unsaturated/α-hetero) is 1. The van der Waals surface area contributed by atoms with Gasteiger partial charge in [0.05, 0.1) is 6.04 Å². The molecule has 0 aromatic carbocycles. The van der Waals surface area contributed by atoms with E-state index >= 15 is 0 Å². The van der Waals surface area contributed by atoms with Gasteiger partial charge < -0.3 is 16.6 Å². The summed E-state index contributed by atoms with van der Waals surface area (Å²) in [4.78, 5) is 15.8. The van der Waals surface area contributed by atoms with E-state index in [-0.39, 0.29) is 17.7 Å². The molecule has 5 heteroatoms. The average Bonchev–Trinajstić information content (AvgIpc) is 2.47. The first kappa shape index (κ1) is 12.0. The highest BCUT2D eigenvalue weighted by Crippen LogP contribution is 2.35. The predicted octanol–water partition coefficient (Wildman–Crippen LogP) is -0.231. The molecule has 0 heterocycles. The summed E-state index contributed by atoms with van der Waals surface area (Å²) in [7, 11) is 0. The van der Waals surface area contributed by atoms with E-state index in [1.54, 1.807) is 13.8 Å². The molecule has 0 bridgehead atoms. The Morgan fingerprint density at radius 1 is 1.53 bits per heavy atom. The normalized spacial score (nSPS) is 30.5. The van der Waals surface area contributed by atoms with Crippen LogP contribution in [0.1, 0.15) is 33.1 Å². The molecule has 1 fully saturated rings. The first-order valence-corrected chi connectivity index (χ1v) is 5.23. The molecule has 0 radical (unpaired) electrons. The van der Waals surface area contributed by atoms with Gasteiger partial charge in [-0.15, -0.1) is 0 Å². The fourth-order valence-electron chi connectivity index (χ4n) is 2.11. The maximum absolute atomic E-state index is 11.9. The molecular formula is C10H19N3O2. The van der Waals surface area contributed by atoms with E-state index in [2.05, 4.69) is 4.99 Å². The lowest BCUT2D eigenvalue weighted by Gasteiger charge is -2.27. The summed E-state index contributed by atoms with van der Waals surface area (Å²) in [6.45, 7) is 3.54. The molecule has 5 N–H and O–H groups in total. The molecule has 0 amide bonds. The van der Waals surface area contributed by atoms with E-state index < -0.39 is 11.6 Å². The fourth-order valence-corrected chi connectivity index (χ4v) is 2.11. The van der Waals surface area contributed by atoms with Crippen LogP contribution in [0.5, 0.6) is 0 Å². The van der Waals surface area contributed by atoms with Crippen molar-refractivity contribution in [2.75, 3.05) is 0 Å². The van der Waals surface area contributed by atoms with Gasteiger partial charge in [-0.1, -0.05) is 13.8 Å². The van der Waals surface area contributed by atoms with Gasteiger partial charge in [0, 0.05) is 5.92 Å². The van der Waals surface area contributed by atoms with Crippen LogP contribution in [0.3, 0.4) is 0 Å². The molecule has 1 aliphatic carbocycles. The largest absolute Gasteiger partial charge is 0.380 e. The van der Waals surface area contributed by atoms with Gasteiger partial charge in [-0.05, 0) is 19.3 Å². The quantitative estimate of drug-likeness (QED) is 0.445. The van der Waals surface area contributed by atoms with E-state index in [0.717, 1.165) is 6.42 Å². The molecule has 1 rings (SSSR count). The van der Waals surface area contributed by atoms with Crippen molar-refractivity contribution in [3.05, 3.63) is 0 Å². The lowest BCUT2D eigenvalue weighted by Crippen LogP contribution is -2.48. The van der Waals surface area contributed by atoms with E-state index in [1.807, 2.05) is 0 Å². The lowest BCUT2D eigenvalue weighted by molar-refractivity contribution is -0.141. The summed E-state index contributed by atoms with van der Waals surface area (Å²) in [6, 6.07) is -0.475. The third-order valence-corrected chi connectivity index (χ3v) is 2.84. The van der Waals surface area contributed by atoms with Gasteiger partial charge in [-0.2, -0.15) is 0 Å². The molecule has 2 unspecified atom stereocenters. The number of hydrogen-bond acceptors (Lipinski definition) is 3. The lowest BCUT2D eigenvalue weighted by atomic mass is 9.86. The molecule has 1 aliphatic rings. The SMILES string of the molecule is CC(C)C(=O)C1(O)CCCC1N=C(N)N. The van der Waals surface area contributed by atoms with Crippen LogP contribution in [0.2, 0.25) is 0 Å². The summed E-state index contributed by atoms with van der Waals surface area (Å²) in [6.07, 6.45) is 1.88. The zero-order chi connectivity index (χ0) is 11.6. The summed E-state index contributed by atoms with van der Waals surface area (Å²) in [5, 5.41) is 10.3. The predicted molar refractivity (Wildman–Crippen MR) is 58.2 cm³/mol. The van der Waals surface area contributed by atoms with Gasteiger partial charge >= 0.3 is 0 Å². The molecule has 0 aliphatic heterocycles. The topological polar surface area (TPSA) is 102 Å². The molecule has 0 aromatic heterocycles. The summed E-state index contributed by atoms with van der Waals surface area (Å²) < 4.78 is 0. The molecule has 0 saturated heterocycles. The number of hydrogen-bond donors (Lipinski definition) is 3. The minimum Gasteiger partial charge on any atom is -0.380 e. The van der Waals surface area contributed by atoms with Crippen molar-refractivity contribution >= 4 is 11.7 Å². The Balaban J connectivity index is 2.91. The average molecular weight is 213 g/mol. The highest BCUT2D eigenvalue weighted by atomic mass is 16.3. The summed E-state index contributed by atoms with van der Waals surface area (Å²) in [5.74, 6) is -0.448. The number of aliphatic imine (C=N–C) groups is 1. The summed E-state index contributed by atoms with van der Waals surface area (Å²) in [5.41, 5.74) is 9.19. The number of nitrogens with zero attached hydrogens (tertiary/aromatic N) is 1. The number of rotatable bonds is 3. The fraction of sp³-hybridized carbons (Fsp3) is 0.800. The smallest absolute Gasteiger partial charge is 0.186 e. The standard InChI is InChI=1S/C10H19N3O2/c1-6(2)8(14)10(15)5-3-4-7(10)13-9(11)12/h6-7,15H,3-5H2,1-2H3,(H4,11,12,13). The van der Waals surface area contributed by atoms with E-state index in [4.69, 9.17) is 11.5 Å². The highest BCUT2D eigenvalue weighted by molar-refractivity contribution is 5.90. The minimum atomic E-state index is -1.36. The zero-order valence-corrected chi connectivity index (χ0v) is 9.23.